The molecule has 1 aromatic rings. The summed E-state index contributed by atoms with van der Waals surface area (Å²) in [5.41, 5.74) is -1.76. The van der Waals surface area contributed by atoms with Crippen LogP contribution in [0.2, 0.25) is 0 Å². The van der Waals surface area contributed by atoms with Crippen molar-refractivity contribution >= 4 is 17.5 Å². The molecule has 2 bridgehead atoms. The number of benzene rings is 1. The molecule has 0 spiro atoms. The normalized spacial score (nSPS) is 39.2. The summed E-state index contributed by atoms with van der Waals surface area (Å²) in [4.78, 5) is 27.1. The first-order chi connectivity index (χ1) is 12.7. The number of hydrogen-bond donors (Lipinski definition) is 1. The first-order valence-corrected chi connectivity index (χ1v) is 8.99. The highest BCUT2D eigenvalue weighted by atomic mass is 19.4. The summed E-state index contributed by atoms with van der Waals surface area (Å²) < 4.78 is 39.9. The highest BCUT2D eigenvalue weighted by Crippen LogP contribution is 2.63. The van der Waals surface area contributed by atoms with Crippen LogP contribution in [0.3, 0.4) is 0 Å². The Kier molecular flexibility index (Phi) is 3.17. The minimum Gasteiger partial charge on any atom is -0.310 e. The number of nitriles is 1. The van der Waals surface area contributed by atoms with Gasteiger partial charge < -0.3 is 5.32 Å². The molecular formula is C19H16F3N3O2. The zero-order valence-electron chi connectivity index (χ0n) is 14.3. The topological polar surface area (TPSA) is 73.2 Å². The number of hydrogen-bond acceptors (Lipinski definition) is 4. The maximum atomic E-state index is 13.3. The molecule has 0 radical (unpaired) electrons. The summed E-state index contributed by atoms with van der Waals surface area (Å²) >= 11 is 0. The van der Waals surface area contributed by atoms with E-state index in [9.17, 15) is 22.8 Å². The molecule has 3 aliphatic heterocycles. The predicted octanol–water partition coefficient (Wildman–Crippen LogP) is 2.31. The van der Waals surface area contributed by atoms with Crippen LogP contribution in [0.25, 0.3) is 0 Å². The number of piperidine rings is 2. The summed E-state index contributed by atoms with van der Waals surface area (Å²) in [5, 5.41) is 12.4. The van der Waals surface area contributed by atoms with Gasteiger partial charge in [0.15, 0.2) is 0 Å². The van der Waals surface area contributed by atoms with Crippen LogP contribution in [-0.2, 0) is 15.8 Å². The van der Waals surface area contributed by atoms with Gasteiger partial charge in [-0.25, -0.2) is 4.90 Å². The van der Waals surface area contributed by atoms with Gasteiger partial charge in [-0.15, -0.1) is 0 Å². The van der Waals surface area contributed by atoms with Crippen LogP contribution < -0.4 is 10.2 Å². The number of fused-ring (bicyclic) bond motifs is 1. The van der Waals surface area contributed by atoms with E-state index in [0.717, 1.165) is 23.5 Å². The molecule has 3 heterocycles. The number of nitrogens with one attached hydrogen (secondary N) is 1. The van der Waals surface area contributed by atoms with Crippen molar-refractivity contribution in [3.8, 4) is 6.07 Å². The lowest BCUT2D eigenvalue weighted by molar-refractivity contribution is -0.138. The number of carbonyl (C=O) groups is 2. The van der Waals surface area contributed by atoms with Crippen LogP contribution in [-0.4, -0.2) is 23.9 Å². The summed E-state index contributed by atoms with van der Waals surface area (Å²) in [7, 11) is 0. The maximum Gasteiger partial charge on any atom is 0.417 e. The molecule has 2 amide bonds. The van der Waals surface area contributed by atoms with E-state index >= 15 is 0 Å². The van der Waals surface area contributed by atoms with Gasteiger partial charge in [0.05, 0.1) is 34.7 Å². The Morgan fingerprint density at radius 1 is 1.19 bits per heavy atom. The number of imide groups is 1. The lowest BCUT2D eigenvalue weighted by Gasteiger charge is -2.47. The van der Waals surface area contributed by atoms with E-state index in [0.29, 0.717) is 11.8 Å². The second-order valence-corrected chi connectivity index (χ2v) is 8.02. The summed E-state index contributed by atoms with van der Waals surface area (Å²) in [6, 6.07) is 4.56. The lowest BCUT2D eigenvalue weighted by atomic mass is 9.64. The van der Waals surface area contributed by atoms with Crippen molar-refractivity contribution in [1.29, 1.82) is 5.26 Å². The average molecular weight is 375 g/mol. The van der Waals surface area contributed by atoms with Crippen molar-refractivity contribution in [1.82, 2.24) is 5.32 Å². The van der Waals surface area contributed by atoms with Crippen LogP contribution in [0.1, 0.15) is 24.5 Å². The number of nitrogens with zero attached hydrogens (tertiary/aromatic N) is 2. The second kappa shape index (κ2) is 5.10. The molecule has 1 aromatic carbocycles. The van der Waals surface area contributed by atoms with Crippen LogP contribution in [0.5, 0.6) is 0 Å². The predicted molar refractivity (Wildman–Crippen MR) is 87.1 cm³/mol. The molecule has 3 saturated heterocycles. The van der Waals surface area contributed by atoms with E-state index in [4.69, 9.17) is 5.26 Å². The van der Waals surface area contributed by atoms with E-state index in [-0.39, 0.29) is 23.7 Å². The van der Waals surface area contributed by atoms with Crippen molar-refractivity contribution in [2.24, 2.45) is 29.6 Å². The zero-order valence-corrected chi connectivity index (χ0v) is 14.3. The van der Waals surface area contributed by atoms with E-state index in [1.807, 2.05) is 6.92 Å². The van der Waals surface area contributed by atoms with Gasteiger partial charge in [0.1, 0.15) is 0 Å². The third kappa shape index (κ3) is 2.09. The summed E-state index contributed by atoms with van der Waals surface area (Å²) in [6.45, 7) is 2.01. The van der Waals surface area contributed by atoms with Gasteiger partial charge in [0, 0.05) is 12.1 Å². The highest BCUT2D eigenvalue weighted by Gasteiger charge is 2.70. The van der Waals surface area contributed by atoms with E-state index in [2.05, 4.69) is 5.32 Å². The number of anilines is 1. The van der Waals surface area contributed by atoms with Gasteiger partial charge in [-0.2, -0.15) is 18.4 Å². The minimum atomic E-state index is -4.74. The van der Waals surface area contributed by atoms with Gasteiger partial charge in [-0.3, -0.25) is 9.59 Å². The lowest BCUT2D eigenvalue weighted by Crippen LogP contribution is -2.62. The van der Waals surface area contributed by atoms with Crippen molar-refractivity contribution in [2.75, 3.05) is 4.90 Å². The quantitative estimate of drug-likeness (QED) is 0.765. The van der Waals surface area contributed by atoms with Crippen molar-refractivity contribution in [3.63, 3.8) is 0 Å². The first kappa shape index (κ1) is 16.8. The fourth-order valence-corrected chi connectivity index (χ4v) is 5.70. The number of alkyl halides is 3. The molecule has 7 atom stereocenters. The van der Waals surface area contributed by atoms with Crippen LogP contribution in [0.15, 0.2) is 18.2 Å². The van der Waals surface area contributed by atoms with Crippen LogP contribution >= 0.6 is 0 Å². The van der Waals surface area contributed by atoms with Gasteiger partial charge in [-0.1, -0.05) is 0 Å². The van der Waals surface area contributed by atoms with Crippen LogP contribution in [0, 0.1) is 40.9 Å². The third-order valence-corrected chi connectivity index (χ3v) is 6.77. The molecule has 2 aliphatic carbocycles. The third-order valence-electron chi connectivity index (χ3n) is 6.77. The standard InChI is InChI=1S/C19H16F3N3O2/c1-7-13-10-5-11(10)16(24-7)15-14(13)17(26)25(18(15)27)9-3-2-8(6-23)12(4-9)19(20,21)22/h2-4,7,10-11,13-16,24H,5H2,1H3/t7-,10-,11?,13-,14+,15+,16-/m0/s1. The Labute approximate surface area is 153 Å². The molecule has 1 N–H and O–H groups in total. The van der Waals surface area contributed by atoms with Crippen molar-refractivity contribution in [3.05, 3.63) is 29.3 Å². The number of amides is 2. The second-order valence-electron chi connectivity index (χ2n) is 8.02. The van der Waals surface area contributed by atoms with Gasteiger partial charge in [0.2, 0.25) is 11.8 Å². The number of halogens is 3. The molecule has 27 heavy (non-hydrogen) atoms. The minimum absolute atomic E-state index is 0.0481. The van der Waals surface area contributed by atoms with Gasteiger partial charge in [-0.05, 0) is 49.3 Å². The molecule has 2 saturated carbocycles. The number of carbonyl (C=O) groups excluding carboxylic acids is 2. The Morgan fingerprint density at radius 3 is 2.56 bits per heavy atom. The Bertz CT molecular complexity index is 920. The smallest absolute Gasteiger partial charge is 0.310 e. The Hall–Kier alpha value is -2.40. The van der Waals surface area contributed by atoms with E-state index in [1.165, 1.54) is 12.1 Å². The maximum absolute atomic E-state index is 13.3. The number of rotatable bonds is 1. The summed E-state index contributed by atoms with van der Waals surface area (Å²) in [6.07, 6.45) is -3.73. The fourth-order valence-electron chi connectivity index (χ4n) is 5.70. The molecule has 5 nitrogen and oxygen atoms in total. The zero-order chi connectivity index (χ0) is 19.2. The summed E-state index contributed by atoms with van der Waals surface area (Å²) in [5.74, 6) is -0.947. The van der Waals surface area contributed by atoms with E-state index < -0.39 is 41.0 Å². The fraction of sp³-hybridized carbons (Fsp3) is 0.526. The SMILES string of the molecule is C[C@@H]1N[C@H]2C3C[C@@H]3[C@H]1[C@H]1C(=O)N(c3ccc(C#N)c(C(F)(F)F)c3)C(=O)[C@H]12. The van der Waals surface area contributed by atoms with Gasteiger partial charge in [0.25, 0.3) is 0 Å². The Morgan fingerprint density at radius 2 is 1.89 bits per heavy atom. The van der Waals surface area contributed by atoms with Crippen molar-refractivity contribution in [2.45, 2.75) is 31.6 Å². The Balaban J connectivity index is 1.57. The monoisotopic (exact) mass is 375 g/mol. The van der Waals surface area contributed by atoms with Gasteiger partial charge >= 0.3 is 6.18 Å². The molecule has 8 heteroatoms. The molecule has 0 aromatic heterocycles. The van der Waals surface area contributed by atoms with Crippen molar-refractivity contribution < 1.29 is 22.8 Å². The average Bonchev–Trinajstić information content (AvgIpc) is 3.37. The largest absolute Gasteiger partial charge is 0.417 e. The van der Waals surface area contributed by atoms with Crippen LogP contribution in [0.4, 0.5) is 18.9 Å². The molecule has 140 valence electrons. The highest BCUT2D eigenvalue weighted by molar-refractivity contribution is 6.22. The molecule has 1 unspecified atom stereocenters. The molecular weight excluding hydrogens is 359 g/mol. The molecule has 5 aliphatic rings. The first-order valence-electron chi connectivity index (χ1n) is 8.99. The van der Waals surface area contributed by atoms with E-state index in [1.54, 1.807) is 0 Å². The molecule has 5 fully saturated rings. The molecule has 6 rings (SSSR count).